The van der Waals surface area contributed by atoms with E-state index in [1.807, 2.05) is 0 Å². The molecule has 0 fully saturated rings. The van der Waals surface area contributed by atoms with Gasteiger partial charge in [0.15, 0.2) is 0 Å². The molecule has 0 saturated carbocycles. The summed E-state index contributed by atoms with van der Waals surface area (Å²) in [6.07, 6.45) is 1.03. The average Bonchev–Trinajstić information content (AvgIpc) is 3.14. The number of fused-ring (bicyclic) bond motifs is 2. The third-order valence-electron chi connectivity index (χ3n) is 9.68. The molecule has 280 valence electrons. The predicted molar refractivity (Wildman–Crippen MR) is 244 cm³/mol. The summed E-state index contributed by atoms with van der Waals surface area (Å²) < 4.78 is 0. The first-order valence-corrected chi connectivity index (χ1v) is 19.5. The topological polar surface area (TPSA) is 0 Å². The number of hydrogen-bond donors (Lipinski definition) is 0. The molecule has 0 aliphatic rings. The van der Waals surface area contributed by atoms with Gasteiger partial charge >= 0.3 is 0 Å². The Morgan fingerprint density at radius 3 is 0.964 bits per heavy atom. The van der Waals surface area contributed by atoms with Crippen molar-refractivity contribution in [3.8, 4) is 0 Å². The number of rotatable bonds is 2. The first-order chi connectivity index (χ1) is 26.4. The van der Waals surface area contributed by atoms with E-state index in [-0.39, 0.29) is 0 Å². The molecule has 0 atom stereocenters. The molecular weight excluding hydrogens is 661 g/mol. The summed E-state index contributed by atoms with van der Waals surface area (Å²) in [4.78, 5) is 0. The summed E-state index contributed by atoms with van der Waals surface area (Å²) in [7, 11) is 0. The van der Waals surface area contributed by atoms with Crippen LogP contribution in [0.4, 0.5) is 0 Å². The van der Waals surface area contributed by atoms with Crippen molar-refractivity contribution >= 4 is 21.5 Å². The Kier molecular flexibility index (Phi) is 16.2. The standard InChI is InChI=1S/C15H16.2C12H12.2C8H10/c1-12-5-3-7-14(9-12)11-15-8-4-6-13(2)10-15;1-9-3-5-11-6-4-10(2)8-12(11)7-9;1-9-5-3-8-12-10(2)6-4-7-11(9)12;1-7-4-3-5-8(2)6-7;1-7-5-3-4-6-8(7)2/h3-10H,11H2,1-2H3;2*3-8H,1-2H3;2*3-6H,1-2H3. The highest BCUT2D eigenvalue weighted by Crippen LogP contribution is 2.21. The minimum absolute atomic E-state index is 1.03. The van der Waals surface area contributed by atoms with E-state index in [0.717, 1.165) is 6.42 Å². The van der Waals surface area contributed by atoms with Gasteiger partial charge in [-0.15, -0.1) is 0 Å². The highest BCUT2D eigenvalue weighted by molar-refractivity contribution is 5.88. The second kappa shape index (κ2) is 21.2. The Morgan fingerprint density at radius 2 is 0.600 bits per heavy atom. The van der Waals surface area contributed by atoms with Gasteiger partial charge in [-0.05, 0) is 131 Å². The second-order valence-corrected chi connectivity index (χ2v) is 15.0. The molecule has 8 rings (SSSR count). The average molecular weight is 721 g/mol. The maximum Gasteiger partial charge on any atom is -0.00256 e. The van der Waals surface area contributed by atoms with Crippen LogP contribution in [0.2, 0.25) is 0 Å². The Labute approximate surface area is 332 Å². The van der Waals surface area contributed by atoms with E-state index >= 15 is 0 Å². The van der Waals surface area contributed by atoms with Crippen molar-refractivity contribution in [2.45, 2.75) is 75.7 Å². The van der Waals surface area contributed by atoms with E-state index in [1.165, 1.54) is 88.3 Å². The smallest absolute Gasteiger partial charge is 0.00256 e. The van der Waals surface area contributed by atoms with Crippen molar-refractivity contribution in [1.29, 1.82) is 0 Å². The van der Waals surface area contributed by atoms with E-state index in [9.17, 15) is 0 Å². The predicted octanol–water partition coefficient (Wildman–Crippen LogP) is 15.4. The molecule has 0 aromatic heterocycles. The molecule has 0 spiro atoms. The third kappa shape index (κ3) is 14.2. The van der Waals surface area contributed by atoms with Crippen molar-refractivity contribution in [2.75, 3.05) is 0 Å². The van der Waals surface area contributed by atoms with Gasteiger partial charge in [0.2, 0.25) is 0 Å². The maximum atomic E-state index is 2.25. The number of benzene rings is 8. The zero-order chi connectivity index (χ0) is 39.7. The number of aryl methyl sites for hydroxylation is 10. The normalized spacial score (nSPS) is 10.1. The van der Waals surface area contributed by atoms with Gasteiger partial charge in [0, 0.05) is 0 Å². The van der Waals surface area contributed by atoms with Gasteiger partial charge in [0.1, 0.15) is 0 Å². The fourth-order valence-electron chi connectivity index (χ4n) is 6.46. The molecule has 0 bridgehead atoms. The zero-order valence-corrected chi connectivity index (χ0v) is 34.9. The Hall–Kier alpha value is -5.72. The van der Waals surface area contributed by atoms with Gasteiger partial charge < -0.3 is 0 Å². The monoisotopic (exact) mass is 720 g/mol. The van der Waals surface area contributed by atoms with Gasteiger partial charge in [-0.25, -0.2) is 0 Å². The molecule has 8 aromatic rings. The Balaban J connectivity index is 0.000000156. The van der Waals surface area contributed by atoms with Gasteiger partial charge in [0.25, 0.3) is 0 Å². The number of hydrogen-bond acceptors (Lipinski definition) is 0. The molecule has 0 unspecified atom stereocenters. The van der Waals surface area contributed by atoms with Crippen LogP contribution < -0.4 is 0 Å². The fraction of sp³-hybridized carbons (Fsp3) is 0.200. The van der Waals surface area contributed by atoms with Crippen LogP contribution >= 0.6 is 0 Å². The summed E-state index contributed by atoms with van der Waals surface area (Å²) in [5, 5.41) is 5.41. The van der Waals surface area contributed by atoms with Crippen LogP contribution in [0.5, 0.6) is 0 Å². The van der Waals surface area contributed by atoms with E-state index in [0.29, 0.717) is 0 Å². The summed E-state index contributed by atoms with van der Waals surface area (Å²) in [5.74, 6) is 0. The molecular formula is C55H60. The van der Waals surface area contributed by atoms with Gasteiger partial charge in [-0.2, -0.15) is 0 Å². The largest absolute Gasteiger partial charge is 0.0620 e. The minimum atomic E-state index is 1.03. The summed E-state index contributed by atoms with van der Waals surface area (Å²) in [6, 6.07) is 60.2. The van der Waals surface area contributed by atoms with Crippen LogP contribution in [0.3, 0.4) is 0 Å². The van der Waals surface area contributed by atoms with Gasteiger partial charge in [-0.3, -0.25) is 0 Å². The quantitative estimate of drug-likeness (QED) is 0.167. The van der Waals surface area contributed by atoms with E-state index in [1.54, 1.807) is 0 Å². The lowest BCUT2D eigenvalue weighted by Crippen LogP contribution is -1.89. The molecule has 0 nitrogen and oxygen atoms in total. The first kappa shape index (κ1) is 42.0. The molecule has 0 saturated heterocycles. The van der Waals surface area contributed by atoms with Crippen LogP contribution in [0.1, 0.15) is 66.8 Å². The minimum Gasteiger partial charge on any atom is -0.0620 e. The van der Waals surface area contributed by atoms with Crippen LogP contribution in [0.25, 0.3) is 21.5 Å². The van der Waals surface area contributed by atoms with Crippen molar-refractivity contribution < 1.29 is 0 Å². The summed E-state index contributed by atoms with van der Waals surface area (Å²) >= 11 is 0. The van der Waals surface area contributed by atoms with Crippen molar-refractivity contribution in [2.24, 2.45) is 0 Å². The lowest BCUT2D eigenvalue weighted by Gasteiger charge is -2.03. The summed E-state index contributed by atoms with van der Waals surface area (Å²) in [6.45, 7) is 21.3. The highest BCUT2D eigenvalue weighted by Gasteiger charge is 1.98. The molecule has 0 amide bonds. The van der Waals surface area contributed by atoms with E-state index in [2.05, 4.69) is 239 Å². The van der Waals surface area contributed by atoms with Crippen LogP contribution in [0, 0.1) is 69.2 Å². The highest BCUT2D eigenvalue weighted by atomic mass is 14.0. The van der Waals surface area contributed by atoms with Crippen molar-refractivity contribution in [1.82, 2.24) is 0 Å². The van der Waals surface area contributed by atoms with Crippen molar-refractivity contribution in [3.63, 3.8) is 0 Å². The lowest BCUT2D eigenvalue weighted by atomic mass is 10.0. The third-order valence-corrected chi connectivity index (χ3v) is 9.68. The molecule has 0 N–H and O–H groups in total. The molecule has 8 aromatic carbocycles. The van der Waals surface area contributed by atoms with E-state index in [4.69, 9.17) is 0 Å². The Morgan fingerprint density at radius 1 is 0.255 bits per heavy atom. The lowest BCUT2D eigenvalue weighted by molar-refractivity contribution is 1.17. The second-order valence-electron chi connectivity index (χ2n) is 15.0. The van der Waals surface area contributed by atoms with Gasteiger partial charge in [0.05, 0.1) is 0 Å². The zero-order valence-electron chi connectivity index (χ0n) is 34.9. The van der Waals surface area contributed by atoms with E-state index < -0.39 is 0 Å². The molecule has 0 heteroatoms. The van der Waals surface area contributed by atoms with Crippen LogP contribution in [-0.2, 0) is 6.42 Å². The van der Waals surface area contributed by atoms with Crippen LogP contribution in [0.15, 0.2) is 170 Å². The molecule has 55 heavy (non-hydrogen) atoms. The summed E-state index contributed by atoms with van der Waals surface area (Å²) in [5.41, 5.74) is 16.2. The Bertz CT molecular complexity index is 2250. The van der Waals surface area contributed by atoms with Crippen molar-refractivity contribution in [3.05, 3.63) is 237 Å². The maximum absolute atomic E-state index is 2.25. The van der Waals surface area contributed by atoms with Gasteiger partial charge in [-0.1, -0.05) is 203 Å². The SMILES string of the molecule is Cc1ccc2ccc(C)cc2c1.Cc1cccc(C)c1.Cc1cccc(Cc2cccc(C)c2)c1.Cc1cccc2c(C)cccc12.Cc1ccccc1C. The molecule has 0 heterocycles. The molecule has 0 radical (unpaired) electrons. The molecule has 0 aliphatic carbocycles. The molecule has 0 aliphatic heterocycles. The van der Waals surface area contributed by atoms with Crippen LogP contribution in [-0.4, -0.2) is 0 Å². The first-order valence-electron chi connectivity index (χ1n) is 19.5. The fourth-order valence-corrected chi connectivity index (χ4v) is 6.46.